The van der Waals surface area contributed by atoms with Crippen LogP contribution in [0.1, 0.15) is 10.4 Å². The standard InChI is InChI=1S/C14H9FN4OS/c15-11-3-1-10(2-4-11)13-18-19-14(21-13)17-12(20)9-5-7-16-8-6-9/h1-8H,(H,17,19,20). The van der Waals surface area contributed by atoms with Crippen LogP contribution in [-0.2, 0) is 0 Å². The number of aromatic nitrogens is 3. The number of pyridine rings is 1. The van der Waals surface area contributed by atoms with Crippen molar-refractivity contribution in [2.24, 2.45) is 0 Å². The lowest BCUT2D eigenvalue weighted by molar-refractivity contribution is 0.102. The quantitative estimate of drug-likeness (QED) is 0.807. The number of hydrogen-bond acceptors (Lipinski definition) is 5. The average Bonchev–Trinajstić information content (AvgIpc) is 2.97. The molecule has 0 radical (unpaired) electrons. The Labute approximate surface area is 123 Å². The van der Waals surface area contributed by atoms with E-state index in [9.17, 15) is 9.18 Å². The van der Waals surface area contributed by atoms with Crippen molar-refractivity contribution in [2.45, 2.75) is 0 Å². The zero-order chi connectivity index (χ0) is 14.7. The number of anilines is 1. The van der Waals surface area contributed by atoms with Crippen molar-refractivity contribution in [3.63, 3.8) is 0 Å². The number of rotatable bonds is 3. The predicted octanol–water partition coefficient (Wildman–Crippen LogP) is 2.99. The van der Waals surface area contributed by atoms with E-state index in [1.165, 1.54) is 23.5 Å². The third-order valence-electron chi connectivity index (χ3n) is 2.68. The third kappa shape index (κ3) is 3.09. The van der Waals surface area contributed by atoms with Gasteiger partial charge in [0.15, 0.2) is 0 Å². The molecule has 0 saturated carbocycles. The summed E-state index contributed by atoms with van der Waals surface area (Å²) in [5.74, 6) is -0.589. The number of hydrogen-bond donors (Lipinski definition) is 1. The lowest BCUT2D eigenvalue weighted by atomic mass is 10.2. The Bertz CT molecular complexity index is 758. The van der Waals surface area contributed by atoms with Crippen molar-refractivity contribution < 1.29 is 9.18 Å². The molecule has 0 saturated heterocycles. The molecule has 3 aromatic rings. The molecule has 0 aliphatic carbocycles. The van der Waals surface area contributed by atoms with Gasteiger partial charge < -0.3 is 0 Å². The highest BCUT2D eigenvalue weighted by molar-refractivity contribution is 7.18. The van der Waals surface area contributed by atoms with E-state index in [-0.39, 0.29) is 11.7 Å². The van der Waals surface area contributed by atoms with Gasteiger partial charge in [-0.15, -0.1) is 10.2 Å². The van der Waals surface area contributed by atoms with E-state index in [2.05, 4.69) is 20.5 Å². The summed E-state index contributed by atoms with van der Waals surface area (Å²) in [4.78, 5) is 15.8. The van der Waals surface area contributed by atoms with E-state index in [1.54, 1.807) is 36.7 Å². The number of nitrogens with zero attached hydrogens (tertiary/aromatic N) is 3. The molecule has 3 rings (SSSR count). The van der Waals surface area contributed by atoms with Crippen LogP contribution in [-0.4, -0.2) is 21.1 Å². The van der Waals surface area contributed by atoms with Crippen LogP contribution in [0.3, 0.4) is 0 Å². The minimum atomic E-state index is -0.311. The smallest absolute Gasteiger partial charge is 0.257 e. The molecule has 7 heteroatoms. The maximum absolute atomic E-state index is 12.9. The number of nitrogens with one attached hydrogen (secondary N) is 1. The number of benzene rings is 1. The van der Waals surface area contributed by atoms with E-state index in [0.29, 0.717) is 15.7 Å². The molecule has 0 spiro atoms. The fourth-order valence-corrected chi connectivity index (χ4v) is 2.40. The Morgan fingerprint density at radius 1 is 1.05 bits per heavy atom. The fraction of sp³-hybridized carbons (Fsp3) is 0. The van der Waals surface area contributed by atoms with Gasteiger partial charge in [-0.05, 0) is 36.4 Å². The van der Waals surface area contributed by atoms with E-state index in [4.69, 9.17) is 0 Å². The first-order valence-corrected chi connectivity index (χ1v) is 6.85. The van der Waals surface area contributed by atoms with Crippen molar-refractivity contribution in [2.75, 3.05) is 5.32 Å². The lowest BCUT2D eigenvalue weighted by Crippen LogP contribution is -2.11. The molecule has 0 aliphatic heterocycles. The monoisotopic (exact) mass is 300 g/mol. The zero-order valence-corrected chi connectivity index (χ0v) is 11.5. The van der Waals surface area contributed by atoms with Gasteiger partial charge in [0.2, 0.25) is 5.13 Å². The molecule has 2 aromatic heterocycles. The number of carbonyl (C=O) groups excluding carboxylic acids is 1. The molecule has 0 aliphatic rings. The molecular formula is C14H9FN4OS. The molecule has 1 amide bonds. The molecule has 0 fully saturated rings. The van der Waals surface area contributed by atoms with E-state index in [0.717, 1.165) is 5.56 Å². The van der Waals surface area contributed by atoms with Gasteiger partial charge in [-0.1, -0.05) is 11.3 Å². The van der Waals surface area contributed by atoms with Crippen LogP contribution in [0.15, 0.2) is 48.8 Å². The van der Waals surface area contributed by atoms with Gasteiger partial charge in [0.05, 0.1) is 0 Å². The van der Waals surface area contributed by atoms with Crippen LogP contribution in [0.2, 0.25) is 0 Å². The number of halogens is 1. The van der Waals surface area contributed by atoms with Crippen molar-refractivity contribution >= 4 is 22.4 Å². The Hall–Kier alpha value is -2.67. The molecular weight excluding hydrogens is 291 g/mol. The summed E-state index contributed by atoms with van der Waals surface area (Å²) < 4.78 is 12.9. The molecule has 0 bridgehead atoms. The van der Waals surface area contributed by atoms with Gasteiger partial charge in [0, 0.05) is 23.5 Å². The van der Waals surface area contributed by atoms with Crippen LogP contribution in [0.25, 0.3) is 10.6 Å². The van der Waals surface area contributed by atoms with Gasteiger partial charge in [-0.25, -0.2) is 4.39 Å². The van der Waals surface area contributed by atoms with Gasteiger partial charge in [0.25, 0.3) is 5.91 Å². The van der Waals surface area contributed by atoms with Gasteiger partial charge in [0.1, 0.15) is 10.8 Å². The highest BCUT2D eigenvalue weighted by Crippen LogP contribution is 2.26. The maximum atomic E-state index is 12.9. The van der Waals surface area contributed by atoms with E-state index in [1.807, 2.05) is 0 Å². The van der Waals surface area contributed by atoms with Gasteiger partial charge in [-0.3, -0.25) is 15.1 Å². The summed E-state index contributed by atoms with van der Waals surface area (Å²) in [6, 6.07) is 9.15. The Balaban J connectivity index is 1.76. The topological polar surface area (TPSA) is 67.8 Å². The first-order chi connectivity index (χ1) is 10.2. The highest BCUT2D eigenvalue weighted by atomic mass is 32.1. The summed E-state index contributed by atoms with van der Waals surface area (Å²) >= 11 is 1.22. The minimum Gasteiger partial charge on any atom is -0.296 e. The highest BCUT2D eigenvalue weighted by Gasteiger charge is 2.11. The van der Waals surface area contributed by atoms with Crippen molar-refractivity contribution in [3.05, 3.63) is 60.2 Å². The lowest BCUT2D eigenvalue weighted by Gasteiger charge is -1.99. The van der Waals surface area contributed by atoms with Gasteiger partial charge in [-0.2, -0.15) is 0 Å². The molecule has 0 unspecified atom stereocenters. The average molecular weight is 300 g/mol. The first kappa shape index (κ1) is 13.3. The molecule has 0 atom stereocenters. The van der Waals surface area contributed by atoms with Crippen molar-refractivity contribution in [1.29, 1.82) is 0 Å². The largest absolute Gasteiger partial charge is 0.296 e. The third-order valence-corrected chi connectivity index (χ3v) is 3.57. The van der Waals surface area contributed by atoms with E-state index < -0.39 is 0 Å². The van der Waals surface area contributed by atoms with Crippen LogP contribution in [0, 0.1) is 5.82 Å². The molecule has 2 heterocycles. The van der Waals surface area contributed by atoms with Crippen molar-refractivity contribution in [3.8, 4) is 10.6 Å². The fourth-order valence-electron chi connectivity index (χ4n) is 1.66. The summed E-state index contributed by atoms with van der Waals surface area (Å²) in [6.07, 6.45) is 3.08. The van der Waals surface area contributed by atoms with Crippen LogP contribution < -0.4 is 5.32 Å². The summed E-state index contributed by atoms with van der Waals surface area (Å²) in [6.45, 7) is 0. The second kappa shape index (κ2) is 5.76. The Kier molecular flexibility index (Phi) is 3.65. The Morgan fingerprint density at radius 2 is 1.76 bits per heavy atom. The maximum Gasteiger partial charge on any atom is 0.257 e. The van der Waals surface area contributed by atoms with Crippen LogP contribution in [0.4, 0.5) is 9.52 Å². The van der Waals surface area contributed by atoms with Crippen LogP contribution >= 0.6 is 11.3 Å². The van der Waals surface area contributed by atoms with E-state index >= 15 is 0 Å². The summed E-state index contributed by atoms with van der Waals surface area (Å²) in [5.41, 5.74) is 1.24. The summed E-state index contributed by atoms with van der Waals surface area (Å²) in [5, 5.41) is 11.5. The first-order valence-electron chi connectivity index (χ1n) is 6.03. The summed E-state index contributed by atoms with van der Waals surface area (Å²) in [7, 11) is 0. The second-order valence-electron chi connectivity index (χ2n) is 4.11. The number of carbonyl (C=O) groups is 1. The molecule has 104 valence electrons. The van der Waals surface area contributed by atoms with Crippen molar-refractivity contribution in [1.82, 2.24) is 15.2 Å². The van der Waals surface area contributed by atoms with Gasteiger partial charge >= 0.3 is 0 Å². The predicted molar refractivity (Wildman–Crippen MR) is 77.5 cm³/mol. The molecule has 1 N–H and O–H groups in total. The minimum absolute atomic E-state index is 0.279. The zero-order valence-electron chi connectivity index (χ0n) is 10.7. The normalized spacial score (nSPS) is 10.3. The molecule has 21 heavy (non-hydrogen) atoms. The molecule has 1 aromatic carbocycles. The number of amides is 1. The Morgan fingerprint density at radius 3 is 2.48 bits per heavy atom. The van der Waals surface area contributed by atoms with Crippen LogP contribution in [0.5, 0.6) is 0 Å². The SMILES string of the molecule is O=C(Nc1nnc(-c2ccc(F)cc2)s1)c1ccncc1. The molecule has 5 nitrogen and oxygen atoms in total. The second-order valence-corrected chi connectivity index (χ2v) is 5.09.